The molecule has 0 saturated heterocycles. The third-order valence-corrected chi connectivity index (χ3v) is 12.5. The molecule has 0 atom stereocenters. The Balaban J connectivity index is 0.000000480. The van der Waals surface area contributed by atoms with Crippen LogP contribution in [0.3, 0.4) is 0 Å². The molecular formula is C67H92Cl2F2N12O. The number of nitrogens with one attached hydrogen (secondary N) is 3. The molecule has 8 aromatic rings. The van der Waals surface area contributed by atoms with Crippen molar-refractivity contribution in [2.75, 3.05) is 88.1 Å². The van der Waals surface area contributed by atoms with Crippen LogP contribution in [0.1, 0.15) is 44.5 Å². The molecule has 0 fully saturated rings. The number of halogens is 4. The first-order valence-corrected chi connectivity index (χ1v) is 28.8. The molecule has 0 unspecified atom stereocenters. The topological polar surface area (TPSA) is 287 Å². The van der Waals surface area contributed by atoms with Crippen LogP contribution < -0.4 is 67.6 Å². The number of para-hydroxylation sites is 2. The highest BCUT2D eigenvalue weighted by atomic mass is 35.5. The number of hydrogen-bond acceptors (Lipinski definition) is 12. The molecule has 454 valence electrons. The second-order valence-electron chi connectivity index (χ2n) is 18.3. The average Bonchev–Trinajstić information content (AvgIpc) is 3.53. The Morgan fingerprint density at radius 2 is 0.726 bits per heavy atom. The van der Waals surface area contributed by atoms with Gasteiger partial charge in [0.1, 0.15) is 11.6 Å². The number of carbonyl (C=O) groups excluding carboxylic acids is 1. The molecule has 0 aromatic heterocycles. The second kappa shape index (κ2) is 49.2. The smallest absolute Gasteiger partial charge is 0.211 e. The van der Waals surface area contributed by atoms with Gasteiger partial charge in [0.25, 0.3) is 0 Å². The van der Waals surface area contributed by atoms with Gasteiger partial charge < -0.3 is 67.6 Å². The van der Waals surface area contributed by atoms with Crippen LogP contribution in [-0.4, -0.2) is 72.9 Å². The summed E-state index contributed by atoms with van der Waals surface area (Å²) in [6, 6.07) is 60.6. The van der Waals surface area contributed by atoms with Crippen LogP contribution in [0.2, 0.25) is 10.0 Å². The zero-order valence-electron chi connectivity index (χ0n) is 49.0. The Morgan fingerprint density at radius 1 is 0.381 bits per heavy atom. The number of carbonyl (C=O) groups is 1. The molecule has 0 aliphatic rings. The lowest BCUT2D eigenvalue weighted by atomic mass is 10.1. The van der Waals surface area contributed by atoms with Gasteiger partial charge in [-0.1, -0.05) is 145 Å². The van der Waals surface area contributed by atoms with E-state index >= 15 is 0 Å². The normalized spacial score (nSPS) is 9.69. The van der Waals surface area contributed by atoms with Crippen molar-refractivity contribution in [2.45, 2.75) is 51.4 Å². The highest BCUT2D eigenvalue weighted by Crippen LogP contribution is 2.17. The molecular weight excluding hydrogens is 1100 g/mol. The molecule has 0 radical (unpaired) electrons. The van der Waals surface area contributed by atoms with Gasteiger partial charge in [0.05, 0.1) is 0 Å². The van der Waals surface area contributed by atoms with Gasteiger partial charge in [0.15, 0.2) is 0 Å². The van der Waals surface area contributed by atoms with Crippen LogP contribution in [0, 0.1) is 11.6 Å². The van der Waals surface area contributed by atoms with Crippen LogP contribution >= 0.6 is 23.2 Å². The van der Waals surface area contributed by atoms with Gasteiger partial charge in [-0.05, 0) is 221 Å². The maximum Gasteiger partial charge on any atom is 0.211 e. The van der Waals surface area contributed by atoms with Crippen molar-refractivity contribution >= 4 is 52.4 Å². The second-order valence-corrected chi connectivity index (χ2v) is 19.1. The molecule has 0 spiro atoms. The highest BCUT2D eigenvalue weighted by Gasteiger charge is 2.00. The van der Waals surface area contributed by atoms with Crippen LogP contribution in [-0.2, 0) is 56.2 Å². The summed E-state index contributed by atoms with van der Waals surface area (Å²) in [6.07, 6.45) is 7.53. The minimum Gasteiger partial charge on any atom is -0.399 e. The zero-order chi connectivity index (χ0) is 62.0. The van der Waals surface area contributed by atoms with Crippen molar-refractivity contribution in [2.24, 2.45) is 45.9 Å². The van der Waals surface area contributed by atoms with Gasteiger partial charge >= 0.3 is 0 Å². The third-order valence-electron chi connectivity index (χ3n) is 11.9. The van der Waals surface area contributed by atoms with E-state index in [9.17, 15) is 13.6 Å². The minimum absolute atomic E-state index is 0.159. The largest absolute Gasteiger partial charge is 0.399 e. The monoisotopic (exact) mass is 1190 g/mol. The molecule has 0 saturated carbocycles. The standard InChI is InChI=1S/C9H12N2O.2C9H14N2.2C8H10ClN.2C8H10FN.C8H12N2/c10-6-5-8-3-1-2-4-9(8)11-7-12;1-11-9-4-2-8(3-5-9)6-7-10;1-11-9-5-3-2-4-8(9)6-7-10;9-8-3-1-7(2-4-8)5-6-10;9-8-4-2-1-3-7(8)5-6-10;9-8-3-1-7(2-4-8)5-6-10;9-8-4-2-1-3-7(8)5-6-10;9-6-5-7-1-3-8(10)4-2-7/h1-4,7H,5-6,10H2,(H,11,12);2*2-5,11H,6-7,10H2,1H3;4*1-4H,5-6,10H2;1-4H,5-6,9-10H2. The summed E-state index contributed by atoms with van der Waals surface area (Å²) in [7, 11) is 3.84. The van der Waals surface area contributed by atoms with E-state index in [4.69, 9.17) is 74.8 Å². The Bertz CT molecular complexity index is 2710. The Hall–Kier alpha value is -7.25. The minimum atomic E-state index is -0.194. The fraction of sp³-hybridized carbons (Fsp3) is 0.269. The summed E-state index contributed by atoms with van der Waals surface area (Å²) in [6.45, 7) is 5.19. The Labute approximate surface area is 509 Å². The summed E-state index contributed by atoms with van der Waals surface area (Å²) >= 11 is 11.5. The lowest BCUT2D eigenvalue weighted by molar-refractivity contribution is -0.105. The summed E-state index contributed by atoms with van der Waals surface area (Å²) in [5.41, 5.74) is 61.5. The molecule has 1 amide bonds. The maximum atomic E-state index is 12.7. The van der Waals surface area contributed by atoms with Gasteiger partial charge in [-0.3, -0.25) is 4.79 Å². The van der Waals surface area contributed by atoms with Gasteiger partial charge in [0.2, 0.25) is 6.41 Å². The SMILES string of the molecule is CNc1ccc(CCN)cc1.CNc1ccccc1CCN.NCCc1ccc(Cl)cc1.NCCc1ccc(F)cc1.NCCc1ccc(N)cc1.NCCc1ccccc1Cl.NCCc1ccccc1F.NCCc1ccccc1NC=O. The molecule has 0 heterocycles. The Kier molecular flexibility index (Phi) is 43.8. The summed E-state index contributed by atoms with van der Waals surface area (Å²) in [5, 5.41) is 10.4. The van der Waals surface area contributed by atoms with Crippen molar-refractivity contribution < 1.29 is 13.6 Å². The van der Waals surface area contributed by atoms with E-state index in [2.05, 4.69) is 52.3 Å². The number of anilines is 4. The van der Waals surface area contributed by atoms with Gasteiger partial charge in [-0.15, -0.1) is 0 Å². The molecule has 0 aliphatic heterocycles. The van der Waals surface area contributed by atoms with E-state index in [1.165, 1.54) is 46.1 Å². The van der Waals surface area contributed by atoms with Gasteiger partial charge in [-0.2, -0.15) is 0 Å². The third kappa shape index (κ3) is 35.0. The van der Waals surface area contributed by atoms with E-state index in [-0.39, 0.29) is 11.6 Å². The molecule has 0 aliphatic carbocycles. The summed E-state index contributed by atoms with van der Waals surface area (Å²) < 4.78 is 25.0. The van der Waals surface area contributed by atoms with E-state index in [0.717, 1.165) is 95.3 Å². The van der Waals surface area contributed by atoms with E-state index in [1.54, 1.807) is 24.3 Å². The van der Waals surface area contributed by atoms with Gasteiger partial charge in [0, 0.05) is 46.9 Å². The van der Waals surface area contributed by atoms with Crippen LogP contribution in [0.5, 0.6) is 0 Å². The first-order chi connectivity index (χ1) is 40.8. The molecule has 13 nitrogen and oxygen atoms in total. The molecule has 21 N–H and O–H groups in total. The molecule has 8 aromatic carbocycles. The van der Waals surface area contributed by atoms with Crippen molar-refractivity contribution in [3.05, 3.63) is 260 Å². The fourth-order valence-electron chi connectivity index (χ4n) is 7.44. The van der Waals surface area contributed by atoms with Crippen molar-refractivity contribution in [3.63, 3.8) is 0 Å². The number of amides is 1. The molecule has 0 bridgehead atoms. The molecule has 84 heavy (non-hydrogen) atoms. The quantitative estimate of drug-likeness (QED) is 0.0251. The van der Waals surface area contributed by atoms with E-state index < -0.39 is 0 Å². The van der Waals surface area contributed by atoms with Crippen molar-refractivity contribution in [1.82, 2.24) is 0 Å². The predicted molar refractivity (Wildman–Crippen MR) is 357 cm³/mol. The van der Waals surface area contributed by atoms with Crippen LogP contribution in [0.25, 0.3) is 0 Å². The number of benzene rings is 8. The van der Waals surface area contributed by atoms with E-state index in [0.29, 0.717) is 64.2 Å². The first-order valence-electron chi connectivity index (χ1n) is 28.0. The first kappa shape index (κ1) is 74.8. The predicted octanol–water partition coefficient (Wildman–Crippen LogP) is 10.3. The lowest BCUT2D eigenvalue weighted by Gasteiger charge is -2.06. The molecule has 8 rings (SSSR count). The van der Waals surface area contributed by atoms with Crippen LogP contribution in [0.15, 0.2) is 194 Å². The highest BCUT2D eigenvalue weighted by molar-refractivity contribution is 6.31. The number of rotatable bonds is 20. The van der Waals surface area contributed by atoms with E-state index in [1.807, 2.05) is 129 Å². The van der Waals surface area contributed by atoms with Gasteiger partial charge in [-0.25, -0.2) is 8.78 Å². The number of nitrogens with two attached hydrogens (primary N) is 9. The molecule has 17 heteroatoms. The fourth-order valence-corrected chi connectivity index (χ4v) is 7.80. The zero-order valence-corrected chi connectivity index (χ0v) is 50.5. The lowest BCUT2D eigenvalue weighted by Crippen LogP contribution is -2.06. The van der Waals surface area contributed by atoms with Crippen molar-refractivity contribution in [1.29, 1.82) is 0 Å². The number of hydrogen-bond donors (Lipinski definition) is 12. The van der Waals surface area contributed by atoms with Crippen molar-refractivity contribution in [3.8, 4) is 0 Å². The summed E-state index contributed by atoms with van der Waals surface area (Å²) in [5.74, 6) is -0.353. The Morgan fingerprint density at radius 3 is 1.14 bits per heavy atom. The van der Waals surface area contributed by atoms with Crippen LogP contribution in [0.4, 0.5) is 31.5 Å². The average molecular weight is 1190 g/mol. The number of nitrogen functional groups attached to an aromatic ring is 1. The maximum absolute atomic E-state index is 12.7. The summed E-state index contributed by atoms with van der Waals surface area (Å²) in [4.78, 5) is 10.2.